The van der Waals surface area contributed by atoms with Gasteiger partial charge in [-0.15, -0.1) is 0 Å². The predicted molar refractivity (Wildman–Crippen MR) is 120 cm³/mol. The van der Waals surface area contributed by atoms with Crippen LogP contribution in [0.15, 0.2) is 0 Å². The minimum absolute atomic E-state index is 0.0393. The maximum Gasteiger partial charge on any atom is 0.340 e. The van der Waals surface area contributed by atoms with Crippen LogP contribution in [0.4, 0.5) is 0 Å². The molecule has 0 aliphatic heterocycles. The zero-order valence-electron chi connectivity index (χ0n) is 20.3. The maximum atomic E-state index is 13.1. The first kappa shape index (κ1) is 25.6. The highest BCUT2D eigenvalue weighted by atomic mass is 16.5. The molecule has 0 unspecified atom stereocenters. The van der Waals surface area contributed by atoms with Crippen molar-refractivity contribution in [2.75, 3.05) is 6.61 Å². The second-order valence-corrected chi connectivity index (χ2v) is 9.72. The van der Waals surface area contributed by atoms with Crippen molar-refractivity contribution in [3.63, 3.8) is 0 Å². The summed E-state index contributed by atoms with van der Waals surface area (Å²) >= 11 is 0. The van der Waals surface area contributed by atoms with E-state index in [1.807, 2.05) is 20.8 Å². The number of nitrogens with one attached hydrogen (secondary N) is 2. The number of rotatable bonds is 8. The van der Waals surface area contributed by atoms with E-state index in [9.17, 15) is 19.2 Å². The standard InChI is InChI=1S/C24H36N2O6/c1-8-31-21(29)18-14(2)19(25-15(18)3)20(28)16(4)32-22(30)24(11-9-10-12-24)13-17(27)26-23(5,6)7/h16,25H,8-13H2,1-7H3,(H,26,27)/t16-/m1/s1. The molecule has 8 heteroatoms. The van der Waals surface area contributed by atoms with Crippen LogP contribution in [0.5, 0.6) is 0 Å². The lowest BCUT2D eigenvalue weighted by Crippen LogP contribution is -2.45. The zero-order valence-corrected chi connectivity index (χ0v) is 20.3. The minimum Gasteiger partial charge on any atom is -0.462 e. The van der Waals surface area contributed by atoms with E-state index in [-0.39, 0.29) is 24.6 Å². The van der Waals surface area contributed by atoms with Crippen molar-refractivity contribution in [1.82, 2.24) is 10.3 Å². The van der Waals surface area contributed by atoms with Crippen LogP contribution in [0.1, 0.15) is 98.8 Å². The monoisotopic (exact) mass is 448 g/mol. The third kappa shape index (κ3) is 5.78. The molecule has 2 N–H and O–H groups in total. The number of aryl methyl sites for hydroxylation is 1. The van der Waals surface area contributed by atoms with Crippen LogP contribution in [0, 0.1) is 19.3 Å². The lowest BCUT2D eigenvalue weighted by atomic mass is 9.82. The number of aromatic amines is 1. The molecule has 1 fully saturated rings. The minimum atomic E-state index is -1.06. The summed E-state index contributed by atoms with van der Waals surface area (Å²) in [4.78, 5) is 53.8. The normalized spacial score (nSPS) is 16.3. The van der Waals surface area contributed by atoms with Crippen molar-refractivity contribution in [3.05, 3.63) is 22.5 Å². The quantitative estimate of drug-likeness (QED) is 0.462. The van der Waals surface area contributed by atoms with Gasteiger partial charge in [0, 0.05) is 17.7 Å². The van der Waals surface area contributed by atoms with Crippen LogP contribution >= 0.6 is 0 Å². The summed E-state index contributed by atoms with van der Waals surface area (Å²) in [5.74, 6) is -1.66. The van der Waals surface area contributed by atoms with Crippen molar-refractivity contribution in [2.45, 2.75) is 92.2 Å². The molecular weight excluding hydrogens is 412 g/mol. The molecule has 1 aromatic rings. The predicted octanol–water partition coefficient (Wildman–Crippen LogP) is 3.79. The number of ketones is 1. The number of hydrogen-bond acceptors (Lipinski definition) is 6. The van der Waals surface area contributed by atoms with E-state index < -0.39 is 34.8 Å². The second-order valence-electron chi connectivity index (χ2n) is 9.72. The number of aromatic nitrogens is 1. The van der Waals surface area contributed by atoms with E-state index in [4.69, 9.17) is 9.47 Å². The van der Waals surface area contributed by atoms with Crippen LogP contribution in [0.25, 0.3) is 0 Å². The highest BCUT2D eigenvalue weighted by Gasteiger charge is 2.45. The molecule has 1 aliphatic carbocycles. The highest BCUT2D eigenvalue weighted by Crippen LogP contribution is 2.42. The molecule has 1 aliphatic rings. The fourth-order valence-corrected chi connectivity index (χ4v) is 4.32. The van der Waals surface area contributed by atoms with Crippen LogP contribution in [-0.2, 0) is 19.1 Å². The fourth-order valence-electron chi connectivity index (χ4n) is 4.32. The third-order valence-electron chi connectivity index (χ3n) is 5.82. The van der Waals surface area contributed by atoms with Crippen molar-refractivity contribution >= 4 is 23.6 Å². The Balaban J connectivity index is 2.16. The summed E-state index contributed by atoms with van der Waals surface area (Å²) in [6.45, 7) is 12.5. The van der Waals surface area contributed by atoms with Crippen LogP contribution in [-0.4, -0.2) is 46.9 Å². The van der Waals surface area contributed by atoms with Gasteiger partial charge >= 0.3 is 11.9 Å². The average molecular weight is 449 g/mol. The number of hydrogen-bond donors (Lipinski definition) is 2. The molecule has 0 radical (unpaired) electrons. The lowest BCUT2D eigenvalue weighted by Gasteiger charge is -2.29. The largest absolute Gasteiger partial charge is 0.462 e. The molecule has 32 heavy (non-hydrogen) atoms. The van der Waals surface area contributed by atoms with Gasteiger partial charge in [-0.1, -0.05) is 12.8 Å². The van der Waals surface area contributed by atoms with Gasteiger partial charge in [-0.25, -0.2) is 4.79 Å². The molecule has 0 aromatic carbocycles. The third-order valence-corrected chi connectivity index (χ3v) is 5.82. The molecule has 0 saturated heterocycles. The van der Waals surface area contributed by atoms with E-state index in [1.165, 1.54) is 6.92 Å². The smallest absolute Gasteiger partial charge is 0.340 e. The Morgan fingerprint density at radius 3 is 2.25 bits per heavy atom. The van der Waals surface area contributed by atoms with E-state index in [0.29, 0.717) is 29.7 Å². The van der Waals surface area contributed by atoms with Crippen molar-refractivity contribution in [3.8, 4) is 0 Å². The van der Waals surface area contributed by atoms with Crippen LogP contribution in [0.2, 0.25) is 0 Å². The molecule has 1 saturated carbocycles. The Labute approximate surface area is 189 Å². The topological polar surface area (TPSA) is 115 Å². The van der Waals surface area contributed by atoms with Gasteiger partial charge in [0.25, 0.3) is 0 Å². The first-order valence-corrected chi connectivity index (χ1v) is 11.2. The van der Waals surface area contributed by atoms with Crippen molar-refractivity contribution in [2.24, 2.45) is 5.41 Å². The second kappa shape index (κ2) is 9.88. The molecule has 0 spiro atoms. The van der Waals surface area contributed by atoms with Gasteiger partial charge in [0.15, 0.2) is 6.10 Å². The number of carbonyl (C=O) groups excluding carboxylic acids is 4. The summed E-state index contributed by atoms with van der Waals surface area (Å²) in [7, 11) is 0. The average Bonchev–Trinajstić information content (AvgIpc) is 3.24. The molecule has 8 nitrogen and oxygen atoms in total. The number of carbonyl (C=O) groups is 4. The SMILES string of the molecule is CCOC(=O)c1c(C)[nH]c(C(=O)[C@@H](C)OC(=O)C2(CC(=O)NC(C)(C)C)CCCC2)c1C. The van der Waals surface area contributed by atoms with Gasteiger partial charge in [-0.3, -0.25) is 14.4 Å². The molecule has 1 aromatic heterocycles. The summed E-state index contributed by atoms with van der Waals surface area (Å²) < 4.78 is 10.7. The molecule has 1 heterocycles. The summed E-state index contributed by atoms with van der Waals surface area (Å²) in [5, 5.41) is 2.90. The maximum absolute atomic E-state index is 13.1. The first-order chi connectivity index (χ1) is 14.8. The Morgan fingerprint density at radius 1 is 1.12 bits per heavy atom. The number of Topliss-reactive ketones (excluding diaryl/α,β-unsaturated/α-hetero) is 1. The van der Waals surface area contributed by atoms with E-state index in [0.717, 1.165) is 12.8 Å². The van der Waals surface area contributed by atoms with Gasteiger partial charge in [0.1, 0.15) is 0 Å². The summed E-state index contributed by atoms with van der Waals surface area (Å²) in [6, 6.07) is 0. The molecule has 1 amide bonds. The number of H-pyrrole nitrogens is 1. The van der Waals surface area contributed by atoms with Gasteiger partial charge in [-0.2, -0.15) is 0 Å². The van der Waals surface area contributed by atoms with Crippen molar-refractivity contribution < 1.29 is 28.7 Å². The lowest BCUT2D eigenvalue weighted by molar-refractivity contribution is -0.160. The van der Waals surface area contributed by atoms with Gasteiger partial charge in [0.2, 0.25) is 11.7 Å². The number of esters is 2. The Bertz CT molecular complexity index is 887. The van der Waals surface area contributed by atoms with Crippen LogP contribution < -0.4 is 5.32 Å². The number of ether oxygens (including phenoxy) is 2. The van der Waals surface area contributed by atoms with E-state index >= 15 is 0 Å². The number of amides is 1. The first-order valence-electron chi connectivity index (χ1n) is 11.2. The van der Waals surface area contributed by atoms with Crippen molar-refractivity contribution in [1.29, 1.82) is 0 Å². The van der Waals surface area contributed by atoms with E-state index in [2.05, 4.69) is 10.3 Å². The zero-order chi connectivity index (χ0) is 24.3. The highest BCUT2D eigenvalue weighted by molar-refractivity contribution is 6.04. The Hall–Kier alpha value is -2.64. The Kier molecular flexibility index (Phi) is 7.91. The molecule has 178 valence electrons. The van der Waals surface area contributed by atoms with Gasteiger partial charge in [0.05, 0.1) is 23.3 Å². The molecular formula is C24H36N2O6. The van der Waals surface area contributed by atoms with Gasteiger partial charge in [-0.05, 0) is 66.9 Å². The summed E-state index contributed by atoms with van der Waals surface area (Å²) in [6.07, 6.45) is 1.75. The van der Waals surface area contributed by atoms with Crippen LogP contribution in [0.3, 0.4) is 0 Å². The summed E-state index contributed by atoms with van der Waals surface area (Å²) in [5.41, 5.74) is 0.212. The molecule has 2 rings (SSSR count). The molecule has 1 atom stereocenters. The molecule has 0 bridgehead atoms. The van der Waals surface area contributed by atoms with E-state index in [1.54, 1.807) is 20.8 Å². The fraction of sp³-hybridized carbons (Fsp3) is 0.667. The van der Waals surface area contributed by atoms with Gasteiger partial charge < -0.3 is 19.8 Å². The Morgan fingerprint density at radius 2 is 1.72 bits per heavy atom.